The minimum Gasteiger partial charge on any atom is -0.497 e. The number of nitrogens with one attached hydrogen (secondary N) is 2. The van der Waals surface area contributed by atoms with E-state index in [1.807, 2.05) is 24.3 Å². The van der Waals surface area contributed by atoms with Crippen molar-refractivity contribution in [2.45, 2.75) is 20.0 Å². The van der Waals surface area contributed by atoms with E-state index >= 15 is 0 Å². The monoisotopic (exact) mass is 419 g/mol. The quantitative estimate of drug-likeness (QED) is 0.498. The van der Waals surface area contributed by atoms with E-state index in [-0.39, 0.29) is 18.0 Å². The molecular weight excluding hydrogens is 398 g/mol. The fourth-order valence-electron chi connectivity index (χ4n) is 3.32. The first-order valence-corrected chi connectivity index (χ1v) is 9.72. The summed E-state index contributed by atoms with van der Waals surface area (Å²) in [5.74, 6) is 0.411. The Labute approximate surface area is 176 Å². The third-order valence-corrected chi connectivity index (χ3v) is 4.96. The van der Waals surface area contributed by atoms with Crippen LogP contribution in [-0.2, 0) is 13.1 Å². The maximum absolute atomic E-state index is 12.7. The molecule has 0 saturated heterocycles. The van der Waals surface area contributed by atoms with E-state index in [2.05, 4.69) is 15.4 Å². The number of hydrogen-bond donors (Lipinski definition) is 2. The van der Waals surface area contributed by atoms with Crippen LogP contribution in [0, 0.1) is 0 Å². The van der Waals surface area contributed by atoms with Gasteiger partial charge in [-0.3, -0.25) is 18.8 Å². The first-order valence-electron chi connectivity index (χ1n) is 9.72. The first-order chi connectivity index (χ1) is 15.0. The molecule has 158 valence electrons. The summed E-state index contributed by atoms with van der Waals surface area (Å²) in [7, 11) is 1.62. The fraction of sp³-hybridized carbons (Fsp3) is 0.182. The van der Waals surface area contributed by atoms with Gasteiger partial charge in [0.15, 0.2) is 0 Å². The van der Waals surface area contributed by atoms with Crippen molar-refractivity contribution in [1.29, 1.82) is 0 Å². The number of ether oxygens (including phenoxy) is 1. The standard InChI is InChI=1S/C22H21N5O4/c1-3-27-21(29)18-9-6-15(10-19(18)25-22(27)30)20(28)24-16-11-23-26(13-16)12-14-4-7-17(31-2)8-5-14/h4-11,13H,3,12H2,1-2H3,(H,24,28)(H,25,30). The van der Waals surface area contributed by atoms with Crippen LogP contribution < -0.4 is 21.3 Å². The fourth-order valence-corrected chi connectivity index (χ4v) is 3.32. The molecule has 0 atom stereocenters. The van der Waals surface area contributed by atoms with Gasteiger partial charge in [-0.15, -0.1) is 0 Å². The second-order valence-corrected chi connectivity index (χ2v) is 6.97. The van der Waals surface area contributed by atoms with Crippen molar-refractivity contribution in [2.75, 3.05) is 12.4 Å². The Morgan fingerprint density at radius 1 is 1.16 bits per heavy atom. The number of carbonyl (C=O) groups excluding carboxylic acids is 1. The Kier molecular flexibility index (Phi) is 5.40. The highest BCUT2D eigenvalue weighted by atomic mass is 16.5. The lowest BCUT2D eigenvalue weighted by Gasteiger charge is -2.06. The Morgan fingerprint density at radius 2 is 1.94 bits per heavy atom. The molecule has 0 aliphatic rings. The van der Waals surface area contributed by atoms with Gasteiger partial charge in [0, 0.05) is 18.3 Å². The molecule has 0 saturated carbocycles. The van der Waals surface area contributed by atoms with Gasteiger partial charge in [0.25, 0.3) is 11.5 Å². The number of rotatable bonds is 6. The minimum absolute atomic E-state index is 0.271. The highest BCUT2D eigenvalue weighted by Crippen LogP contribution is 2.15. The average Bonchev–Trinajstić information content (AvgIpc) is 3.20. The smallest absolute Gasteiger partial charge is 0.328 e. The van der Waals surface area contributed by atoms with Gasteiger partial charge in [-0.1, -0.05) is 12.1 Å². The van der Waals surface area contributed by atoms with Crippen LogP contribution in [0.3, 0.4) is 0 Å². The highest BCUT2D eigenvalue weighted by molar-refractivity contribution is 6.05. The van der Waals surface area contributed by atoms with Crippen molar-refractivity contribution in [3.05, 3.63) is 86.8 Å². The molecular formula is C22H21N5O4. The van der Waals surface area contributed by atoms with Crippen LogP contribution in [0.5, 0.6) is 5.75 Å². The molecule has 0 bridgehead atoms. The van der Waals surface area contributed by atoms with Crippen molar-refractivity contribution in [1.82, 2.24) is 19.3 Å². The van der Waals surface area contributed by atoms with Crippen LogP contribution in [0.1, 0.15) is 22.8 Å². The molecule has 0 aliphatic carbocycles. The number of carbonyl (C=O) groups is 1. The molecule has 9 heteroatoms. The van der Waals surface area contributed by atoms with Crippen molar-refractivity contribution in [3.63, 3.8) is 0 Å². The Balaban J connectivity index is 1.51. The Hall–Kier alpha value is -4.14. The van der Waals surface area contributed by atoms with Crippen molar-refractivity contribution in [2.24, 2.45) is 0 Å². The second kappa shape index (κ2) is 8.31. The third-order valence-electron chi connectivity index (χ3n) is 4.96. The average molecular weight is 419 g/mol. The normalized spacial score (nSPS) is 10.9. The zero-order chi connectivity index (χ0) is 22.0. The van der Waals surface area contributed by atoms with Crippen molar-refractivity contribution in [3.8, 4) is 5.75 Å². The molecule has 0 spiro atoms. The first kappa shape index (κ1) is 20.1. The maximum atomic E-state index is 12.7. The van der Waals surface area contributed by atoms with E-state index in [1.165, 1.54) is 6.07 Å². The predicted molar refractivity (Wildman–Crippen MR) is 117 cm³/mol. The van der Waals surface area contributed by atoms with Crippen molar-refractivity contribution < 1.29 is 9.53 Å². The summed E-state index contributed by atoms with van der Waals surface area (Å²) >= 11 is 0. The van der Waals surface area contributed by atoms with Gasteiger partial charge in [0.2, 0.25) is 0 Å². The van der Waals surface area contributed by atoms with E-state index in [9.17, 15) is 14.4 Å². The van der Waals surface area contributed by atoms with Crippen LogP contribution in [0.2, 0.25) is 0 Å². The van der Waals surface area contributed by atoms with Gasteiger partial charge < -0.3 is 15.0 Å². The van der Waals surface area contributed by atoms with Crippen LogP contribution in [0.15, 0.2) is 64.4 Å². The Morgan fingerprint density at radius 3 is 2.65 bits per heavy atom. The lowest BCUT2D eigenvalue weighted by Crippen LogP contribution is -2.34. The third kappa shape index (κ3) is 4.11. The number of hydrogen-bond acceptors (Lipinski definition) is 5. The summed E-state index contributed by atoms with van der Waals surface area (Å²) in [4.78, 5) is 39.7. The van der Waals surface area contributed by atoms with E-state index in [4.69, 9.17) is 4.74 Å². The number of benzene rings is 2. The molecule has 0 aliphatic heterocycles. The molecule has 2 aromatic heterocycles. The number of nitrogens with zero attached hydrogens (tertiary/aromatic N) is 3. The van der Waals surface area contributed by atoms with Crippen LogP contribution in [-0.4, -0.2) is 32.3 Å². The molecule has 4 rings (SSSR count). The Bertz CT molecular complexity index is 1370. The molecule has 4 aromatic rings. The van der Waals surface area contributed by atoms with E-state index in [1.54, 1.807) is 43.2 Å². The summed E-state index contributed by atoms with van der Waals surface area (Å²) < 4.78 is 7.97. The summed E-state index contributed by atoms with van der Waals surface area (Å²) in [6.07, 6.45) is 3.29. The SMILES string of the molecule is CCn1c(=O)[nH]c2cc(C(=O)Nc3cnn(Cc4ccc(OC)cc4)c3)ccc2c1=O. The van der Waals surface area contributed by atoms with Gasteiger partial charge in [0.05, 0.1) is 36.4 Å². The lowest BCUT2D eigenvalue weighted by molar-refractivity contribution is 0.102. The van der Waals surface area contributed by atoms with E-state index in [0.29, 0.717) is 28.7 Å². The van der Waals surface area contributed by atoms with Gasteiger partial charge >= 0.3 is 5.69 Å². The lowest BCUT2D eigenvalue weighted by atomic mass is 10.1. The molecule has 2 heterocycles. The molecule has 2 aromatic carbocycles. The topological polar surface area (TPSA) is 111 Å². The molecule has 0 unspecified atom stereocenters. The summed E-state index contributed by atoms with van der Waals surface area (Å²) in [6, 6.07) is 12.2. The zero-order valence-corrected chi connectivity index (χ0v) is 17.1. The van der Waals surface area contributed by atoms with E-state index < -0.39 is 5.69 Å². The van der Waals surface area contributed by atoms with Gasteiger partial charge in [-0.25, -0.2) is 4.79 Å². The number of H-pyrrole nitrogens is 1. The summed E-state index contributed by atoms with van der Waals surface area (Å²) in [5.41, 5.74) is 1.33. The van der Waals surface area contributed by atoms with Gasteiger partial charge in [0.1, 0.15) is 5.75 Å². The maximum Gasteiger partial charge on any atom is 0.328 e. The second-order valence-electron chi connectivity index (χ2n) is 6.97. The number of anilines is 1. The van der Waals surface area contributed by atoms with E-state index in [0.717, 1.165) is 15.9 Å². The molecule has 0 fully saturated rings. The van der Waals surface area contributed by atoms with Crippen LogP contribution in [0.25, 0.3) is 10.9 Å². The minimum atomic E-state index is -0.502. The highest BCUT2D eigenvalue weighted by Gasteiger charge is 2.12. The van der Waals surface area contributed by atoms with Crippen molar-refractivity contribution >= 4 is 22.5 Å². The molecule has 9 nitrogen and oxygen atoms in total. The van der Waals surface area contributed by atoms with Gasteiger partial charge in [-0.2, -0.15) is 5.10 Å². The largest absolute Gasteiger partial charge is 0.497 e. The zero-order valence-electron chi connectivity index (χ0n) is 17.1. The van der Waals surface area contributed by atoms with Crippen LogP contribution in [0.4, 0.5) is 5.69 Å². The number of fused-ring (bicyclic) bond motifs is 1. The number of amides is 1. The number of aromatic amines is 1. The molecule has 0 radical (unpaired) electrons. The number of methoxy groups -OCH3 is 1. The summed E-state index contributed by atoms with van der Waals surface area (Å²) in [6.45, 7) is 2.53. The number of aromatic nitrogens is 4. The summed E-state index contributed by atoms with van der Waals surface area (Å²) in [5, 5.41) is 7.41. The van der Waals surface area contributed by atoms with Crippen LogP contribution >= 0.6 is 0 Å². The molecule has 31 heavy (non-hydrogen) atoms. The molecule has 1 amide bonds. The predicted octanol–water partition coefficient (Wildman–Crippen LogP) is 2.22. The molecule has 2 N–H and O–H groups in total. The van der Waals surface area contributed by atoms with Gasteiger partial charge in [-0.05, 0) is 42.8 Å².